The first-order valence-electron chi connectivity index (χ1n) is 5.81. The maximum Gasteiger partial charge on any atom is 0.273 e. The summed E-state index contributed by atoms with van der Waals surface area (Å²) in [5.41, 5.74) is 0.903. The zero-order chi connectivity index (χ0) is 12.1. The molecule has 1 aromatic carbocycles. The van der Waals surface area contributed by atoms with Gasteiger partial charge in [0.05, 0.1) is 11.5 Å². The number of ether oxygens (including phenoxy) is 1. The highest BCUT2D eigenvalue weighted by Crippen LogP contribution is 2.18. The molecule has 1 N–H and O–H groups in total. The van der Waals surface area contributed by atoms with Gasteiger partial charge in [-0.3, -0.25) is 10.1 Å². The molecule has 0 amide bonds. The number of nitrogens with zero attached hydrogens (tertiary/aromatic N) is 1. The van der Waals surface area contributed by atoms with Gasteiger partial charge in [0.2, 0.25) is 0 Å². The number of benzene rings is 1. The molecule has 1 heterocycles. The van der Waals surface area contributed by atoms with Crippen molar-refractivity contribution in [3.63, 3.8) is 0 Å². The molecule has 1 saturated heterocycles. The Morgan fingerprint density at radius 2 is 2.29 bits per heavy atom. The van der Waals surface area contributed by atoms with Crippen molar-refractivity contribution in [3.8, 4) is 0 Å². The van der Waals surface area contributed by atoms with Gasteiger partial charge in [-0.05, 0) is 12.8 Å². The van der Waals surface area contributed by atoms with Crippen LogP contribution in [0.4, 0.5) is 5.69 Å². The third kappa shape index (κ3) is 3.25. The second-order valence-corrected chi connectivity index (χ2v) is 4.18. The maximum absolute atomic E-state index is 10.8. The molecule has 92 valence electrons. The van der Waals surface area contributed by atoms with Crippen molar-refractivity contribution >= 4 is 5.69 Å². The molecule has 0 aromatic heterocycles. The van der Waals surface area contributed by atoms with Crippen molar-refractivity contribution in [3.05, 3.63) is 39.9 Å². The molecular formula is C12H16N2O3. The standard InChI is InChI=1S/C12H16N2O3/c15-14(16)12-6-2-1-4-10(12)8-13-11-5-3-7-17-9-11/h1-2,4,6,11,13H,3,5,7-9H2. The fourth-order valence-corrected chi connectivity index (χ4v) is 1.99. The summed E-state index contributed by atoms with van der Waals surface area (Å²) in [6.45, 7) is 2.04. The van der Waals surface area contributed by atoms with E-state index in [1.165, 1.54) is 6.07 Å². The van der Waals surface area contributed by atoms with E-state index in [0.717, 1.165) is 25.0 Å². The summed E-state index contributed by atoms with van der Waals surface area (Å²) in [5.74, 6) is 0. The van der Waals surface area contributed by atoms with E-state index in [9.17, 15) is 10.1 Å². The molecule has 17 heavy (non-hydrogen) atoms. The summed E-state index contributed by atoms with van der Waals surface area (Å²) in [4.78, 5) is 10.5. The van der Waals surface area contributed by atoms with Crippen LogP contribution in [0.3, 0.4) is 0 Å². The lowest BCUT2D eigenvalue weighted by molar-refractivity contribution is -0.385. The highest BCUT2D eigenvalue weighted by molar-refractivity contribution is 5.39. The van der Waals surface area contributed by atoms with Gasteiger partial charge in [-0.15, -0.1) is 0 Å². The number of nitro groups is 1. The first kappa shape index (κ1) is 12.0. The number of hydrogen-bond acceptors (Lipinski definition) is 4. The second kappa shape index (κ2) is 5.75. The Balaban J connectivity index is 1.96. The van der Waals surface area contributed by atoms with Crippen molar-refractivity contribution in [2.45, 2.75) is 25.4 Å². The molecule has 0 spiro atoms. The highest BCUT2D eigenvalue weighted by atomic mass is 16.6. The molecule has 1 unspecified atom stereocenters. The van der Waals surface area contributed by atoms with Gasteiger partial charge < -0.3 is 10.1 Å². The number of para-hydroxylation sites is 1. The molecule has 2 rings (SSSR count). The van der Waals surface area contributed by atoms with E-state index in [-0.39, 0.29) is 10.6 Å². The lowest BCUT2D eigenvalue weighted by atomic mass is 10.1. The van der Waals surface area contributed by atoms with Crippen molar-refractivity contribution < 1.29 is 9.66 Å². The average molecular weight is 236 g/mol. The van der Waals surface area contributed by atoms with E-state index in [0.29, 0.717) is 19.2 Å². The zero-order valence-corrected chi connectivity index (χ0v) is 9.59. The summed E-state index contributed by atoms with van der Waals surface area (Å²) < 4.78 is 5.35. The van der Waals surface area contributed by atoms with Crippen LogP contribution >= 0.6 is 0 Å². The Hall–Kier alpha value is -1.46. The van der Waals surface area contributed by atoms with Crippen LogP contribution in [0.5, 0.6) is 0 Å². The van der Waals surface area contributed by atoms with E-state index in [1.807, 2.05) is 6.07 Å². The van der Waals surface area contributed by atoms with Gasteiger partial charge in [0.15, 0.2) is 0 Å². The fraction of sp³-hybridized carbons (Fsp3) is 0.500. The molecule has 5 heteroatoms. The van der Waals surface area contributed by atoms with Crippen LogP contribution in [0, 0.1) is 10.1 Å². The van der Waals surface area contributed by atoms with Crippen LogP contribution in [0.25, 0.3) is 0 Å². The summed E-state index contributed by atoms with van der Waals surface area (Å²) in [7, 11) is 0. The molecule has 5 nitrogen and oxygen atoms in total. The monoisotopic (exact) mass is 236 g/mol. The highest BCUT2D eigenvalue weighted by Gasteiger charge is 2.16. The predicted octanol–water partition coefficient (Wildman–Crippen LogP) is 1.86. The molecule has 1 aliphatic rings. The first-order chi connectivity index (χ1) is 8.27. The van der Waals surface area contributed by atoms with Crippen molar-refractivity contribution in [2.75, 3.05) is 13.2 Å². The van der Waals surface area contributed by atoms with Crippen molar-refractivity contribution in [2.24, 2.45) is 0 Å². The number of nitro benzene ring substituents is 1. The summed E-state index contributed by atoms with van der Waals surface area (Å²) in [6, 6.07) is 7.14. The third-order valence-electron chi connectivity index (χ3n) is 2.93. The van der Waals surface area contributed by atoms with Gasteiger partial charge >= 0.3 is 0 Å². The molecule has 1 fully saturated rings. The minimum Gasteiger partial charge on any atom is -0.380 e. The SMILES string of the molecule is O=[N+]([O-])c1ccccc1CNC1CCCOC1. The molecule has 0 saturated carbocycles. The third-order valence-corrected chi connectivity index (χ3v) is 2.93. The quantitative estimate of drug-likeness (QED) is 0.640. The average Bonchev–Trinajstić information content (AvgIpc) is 2.38. The first-order valence-corrected chi connectivity index (χ1v) is 5.81. The van der Waals surface area contributed by atoms with Crippen LogP contribution in [-0.2, 0) is 11.3 Å². The van der Waals surface area contributed by atoms with Crippen LogP contribution in [-0.4, -0.2) is 24.2 Å². The second-order valence-electron chi connectivity index (χ2n) is 4.18. The topological polar surface area (TPSA) is 64.4 Å². The molecule has 1 atom stereocenters. The van der Waals surface area contributed by atoms with E-state index in [1.54, 1.807) is 12.1 Å². The van der Waals surface area contributed by atoms with E-state index in [4.69, 9.17) is 4.74 Å². The van der Waals surface area contributed by atoms with Crippen LogP contribution < -0.4 is 5.32 Å². The van der Waals surface area contributed by atoms with Crippen LogP contribution in [0.15, 0.2) is 24.3 Å². The summed E-state index contributed by atoms with van der Waals surface area (Å²) in [5, 5.41) is 14.1. The largest absolute Gasteiger partial charge is 0.380 e. The molecule has 0 radical (unpaired) electrons. The predicted molar refractivity (Wildman–Crippen MR) is 63.8 cm³/mol. The Labute approximate surface area is 99.9 Å². The van der Waals surface area contributed by atoms with Crippen LogP contribution in [0.2, 0.25) is 0 Å². The maximum atomic E-state index is 10.8. The van der Waals surface area contributed by atoms with Crippen molar-refractivity contribution in [1.82, 2.24) is 5.32 Å². The zero-order valence-electron chi connectivity index (χ0n) is 9.59. The molecule has 1 aliphatic heterocycles. The molecule has 1 aromatic rings. The summed E-state index contributed by atoms with van der Waals surface area (Å²) in [6.07, 6.45) is 2.12. The Bertz CT molecular complexity index is 389. The fourth-order valence-electron chi connectivity index (χ4n) is 1.99. The van der Waals surface area contributed by atoms with Gasteiger partial charge in [0.1, 0.15) is 0 Å². The number of nitrogens with one attached hydrogen (secondary N) is 1. The normalized spacial score (nSPS) is 20.1. The lowest BCUT2D eigenvalue weighted by Gasteiger charge is -2.23. The molecule has 0 bridgehead atoms. The minimum atomic E-state index is -0.339. The van der Waals surface area contributed by atoms with Gasteiger partial charge in [-0.25, -0.2) is 0 Å². The Morgan fingerprint density at radius 3 is 3.00 bits per heavy atom. The molecular weight excluding hydrogens is 220 g/mol. The van der Waals surface area contributed by atoms with E-state index < -0.39 is 0 Å². The Morgan fingerprint density at radius 1 is 1.47 bits per heavy atom. The van der Waals surface area contributed by atoms with Gasteiger partial charge in [-0.2, -0.15) is 0 Å². The van der Waals surface area contributed by atoms with Gasteiger partial charge in [-0.1, -0.05) is 18.2 Å². The van der Waals surface area contributed by atoms with Crippen molar-refractivity contribution in [1.29, 1.82) is 0 Å². The Kier molecular flexibility index (Phi) is 4.06. The summed E-state index contributed by atoms with van der Waals surface area (Å²) >= 11 is 0. The smallest absolute Gasteiger partial charge is 0.273 e. The number of rotatable bonds is 4. The van der Waals surface area contributed by atoms with Gasteiger partial charge in [0.25, 0.3) is 5.69 Å². The number of hydrogen-bond donors (Lipinski definition) is 1. The lowest BCUT2D eigenvalue weighted by Crippen LogP contribution is -2.36. The van der Waals surface area contributed by atoms with Gasteiger partial charge in [0, 0.05) is 30.8 Å². The van der Waals surface area contributed by atoms with E-state index >= 15 is 0 Å². The van der Waals surface area contributed by atoms with E-state index in [2.05, 4.69) is 5.32 Å². The van der Waals surface area contributed by atoms with Crippen LogP contribution in [0.1, 0.15) is 18.4 Å². The minimum absolute atomic E-state index is 0.178. The molecule has 0 aliphatic carbocycles.